The summed E-state index contributed by atoms with van der Waals surface area (Å²) < 4.78 is 2.10. The topological polar surface area (TPSA) is 53.6 Å². The van der Waals surface area contributed by atoms with Crippen LogP contribution in [0.4, 0.5) is 5.82 Å². The van der Waals surface area contributed by atoms with Crippen LogP contribution in [-0.4, -0.2) is 9.55 Å². The van der Waals surface area contributed by atoms with E-state index < -0.39 is 0 Å². The average Bonchev–Trinajstić information content (AvgIpc) is 3.11. The largest absolute Gasteiger partial charge is 0.365 e. The molecular formula is C25H22N4. The number of nitrogens with zero attached hydrogens (tertiary/aromatic N) is 3. The van der Waals surface area contributed by atoms with Gasteiger partial charge < -0.3 is 9.88 Å². The maximum atomic E-state index is 9.74. The molecule has 0 amide bonds. The Morgan fingerprint density at radius 2 is 1.48 bits per heavy atom. The Kier molecular flexibility index (Phi) is 5.40. The molecule has 0 radical (unpaired) electrons. The minimum Gasteiger partial charge on any atom is -0.365 e. The van der Waals surface area contributed by atoms with Crippen LogP contribution in [0.15, 0.2) is 84.9 Å². The zero-order chi connectivity index (χ0) is 20.1. The lowest BCUT2D eigenvalue weighted by molar-refractivity contribution is 0.806. The Morgan fingerprint density at radius 3 is 2.10 bits per heavy atom. The lowest BCUT2D eigenvalue weighted by Gasteiger charge is -2.14. The quantitative estimate of drug-likeness (QED) is 0.489. The van der Waals surface area contributed by atoms with Gasteiger partial charge >= 0.3 is 0 Å². The first kappa shape index (κ1) is 18.5. The second kappa shape index (κ2) is 8.45. The third kappa shape index (κ3) is 4.20. The number of benzene rings is 3. The van der Waals surface area contributed by atoms with Gasteiger partial charge in [0.15, 0.2) is 5.69 Å². The van der Waals surface area contributed by atoms with Crippen molar-refractivity contribution in [1.29, 1.82) is 5.26 Å². The van der Waals surface area contributed by atoms with E-state index in [0.29, 0.717) is 18.8 Å². The number of rotatable bonds is 6. The summed E-state index contributed by atoms with van der Waals surface area (Å²) in [5, 5.41) is 13.2. The summed E-state index contributed by atoms with van der Waals surface area (Å²) in [5.41, 5.74) is 4.91. The van der Waals surface area contributed by atoms with E-state index in [1.165, 1.54) is 5.56 Å². The van der Waals surface area contributed by atoms with Crippen LogP contribution in [0.3, 0.4) is 0 Å². The van der Waals surface area contributed by atoms with Gasteiger partial charge in [0.05, 0.1) is 6.54 Å². The van der Waals surface area contributed by atoms with Crippen molar-refractivity contribution >= 4 is 5.82 Å². The molecular weight excluding hydrogens is 356 g/mol. The van der Waals surface area contributed by atoms with Gasteiger partial charge in [-0.2, -0.15) is 5.26 Å². The molecule has 0 fully saturated rings. The molecule has 0 aliphatic carbocycles. The Bertz CT molecular complexity index is 1120. The van der Waals surface area contributed by atoms with Crippen LogP contribution in [-0.2, 0) is 13.1 Å². The van der Waals surface area contributed by atoms with Crippen LogP contribution >= 0.6 is 0 Å². The van der Waals surface area contributed by atoms with E-state index in [1.807, 2.05) is 36.4 Å². The minimum absolute atomic E-state index is 0.410. The van der Waals surface area contributed by atoms with Crippen molar-refractivity contribution in [3.05, 3.63) is 107 Å². The maximum absolute atomic E-state index is 9.74. The molecule has 4 heteroatoms. The first-order valence-corrected chi connectivity index (χ1v) is 9.64. The smallest absolute Gasteiger partial charge is 0.183 e. The Labute approximate surface area is 171 Å². The minimum atomic E-state index is 0.410. The molecule has 4 rings (SSSR count). The molecule has 4 nitrogen and oxygen atoms in total. The fourth-order valence-electron chi connectivity index (χ4n) is 3.33. The van der Waals surface area contributed by atoms with Gasteiger partial charge in [-0.15, -0.1) is 0 Å². The fourth-order valence-corrected chi connectivity index (χ4v) is 3.33. The standard InChI is InChI=1S/C25H22N4/c1-19-12-14-22(15-13-19)24-28-23(16-26)25(27-17-20-8-4-2-5-9-20)29(24)18-21-10-6-3-7-11-21/h2-15,27H,17-18H2,1H3. The summed E-state index contributed by atoms with van der Waals surface area (Å²) in [4.78, 5) is 4.68. The van der Waals surface area contributed by atoms with Gasteiger partial charge in [0, 0.05) is 12.1 Å². The first-order chi connectivity index (χ1) is 14.2. The van der Waals surface area contributed by atoms with E-state index in [2.05, 4.69) is 76.4 Å². The van der Waals surface area contributed by atoms with Crippen molar-refractivity contribution in [2.24, 2.45) is 0 Å². The monoisotopic (exact) mass is 378 g/mol. The number of nitriles is 1. The predicted octanol–water partition coefficient (Wildman–Crippen LogP) is 5.39. The van der Waals surface area contributed by atoms with Gasteiger partial charge in [-0.25, -0.2) is 4.98 Å². The zero-order valence-electron chi connectivity index (χ0n) is 16.3. The normalized spacial score (nSPS) is 10.5. The van der Waals surface area contributed by atoms with E-state index in [4.69, 9.17) is 0 Å². The van der Waals surface area contributed by atoms with Crippen molar-refractivity contribution < 1.29 is 0 Å². The maximum Gasteiger partial charge on any atom is 0.183 e. The highest BCUT2D eigenvalue weighted by molar-refractivity contribution is 5.64. The molecule has 0 aliphatic heterocycles. The van der Waals surface area contributed by atoms with Gasteiger partial charge in [-0.05, 0) is 18.1 Å². The predicted molar refractivity (Wildman–Crippen MR) is 116 cm³/mol. The molecule has 0 atom stereocenters. The number of nitrogens with one attached hydrogen (secondary N) is 1. The van der Waals surface area contributed by atoms with E-state index in [0.717, 1.165) is 28.3 Å². The molecule has 4 aromatic rings. The molecule has 29 heavy (non-hydrogen) atoms. The van der Waals surface area contributed by atoms with Crippen LogP contribution < -0.4 is 5.32 Å². The van der Waals surface area contributed by atoms with Crippen molar-refractivity contribution in [3.8, 4) is 17.5 Å². The highest BCUT2D eigenvalue weighted by atomic mass is 15.2. The second-order valence-electron chi connectivity index (χ2n) is 7.02. The van der Waals surface area contributed by atoms with E-state index in [-0.39, 0.29) is 0 Å². The molecule has 0 saturated heterocycles. The van der Waals surface area contributed by atoms with E-state index in [9.17, 15) is 5.26 Å². The van der Waals surface area contributed by atoms with Crippen LogP contribution in [0.5, 0.6) is 0 Å². The number of hydrogen-bond acceptors (Lipinski definition) is 3. The summed E-state index contributed by atoms with van der Waals surface area (Å²) in [6.07, 6.45) is 0. The molecule has 0 spiro atoms. The van der Waals surface area contributed by atoms with E-state index >= 15 is 0 Å². The summed E-state index contributed by atoms with van der Waals surface area (Å²) in [6, 6.07) is 30.9. The Hall–Kier alpha value is -3.84. The molecule has 1 heterocycles. The van der Waals surface area contributed by atoms with Crippen molar-refractivity contribution in [2.75, 3.05) is 5.32 Å². The molecule has 142 valence electrons. The third-order valence-corrected chi connectivity index (χ3v) is 4.87. The number of aryl methyl sites for hydroxylation is 1. The van der Waals surface area contributed by atoms with Gasteiger partial charge in [-0.1, -0.05) is 90.5 Å². The second-order valence-corrected chi connectivity index (χ2v) is 7.02. The van der Waals surface area contributed by atoms with Gasteiger partial charge in [0.25, 0.3) is 0 Å². The molecule has 1 N–H and O–H groups in total. The summed E-state index contributed by atoms with van der Waals surface area (Å²) in [5.74, 6) is 1.54. The van der Waals surface area contributed by atoms with Gasteiger partial charge in [0.1, 0.15) is 17.7 Å². The third-order valence-electron chi connectivity index (χ3n) is 4.87. The molecule has 0 bridgehead atoms. The van der Waals surface area contributed by atoms with Crippen LogP contribution in [0, 0.1) is 18.3 Å². The van der Waals surface area contributed by atoms with Gasteiger partial charge in [-0.3, -0.25) is 0 Å². The first-order valence-electron chi connectivity index (χ1n) is 9.64. The molecule has 3 aromatic carbocycles. The average molecular weight is 378 g/mol. The number of aromatic nitrogens is 2. The van der Waals surface area contributed by atoms with Crippen LogP contribution in [0.2, 0.25) is 0 Å². The van der Waals surface area contributed by atoms with E-state index in [1.54, 1.807) is 0 Å². The van der Waals surface area contributed by atoms with Crippen molar-refractivity contribution in [2.45, 2.75) is 20.0 Å². The number of anilines is 1. The number of imidazole rings is 1. The molecule has 1 aromatic heterocycles. The Balaban J connectivity index is 1.77. The summed E-state index contributed by atoms with van der Waals surface area (Å²) in [6.45, 7) is 3.33. The molecule has 0 unspecified atom stereocenters. The summed E-state index contributed by atoms with van der Waals surface area (Å²) >= 11 is 0. The summed E-state index contributed by atoms with van der Waals surface area (Å²) in [7, 11) is 0. The fraction of sp³-hybridized carbons (Fsp3) is 0.120. The van der Waals surface area contributed by atoms with Crippen LogP contribution in [0.25, 0.3) is 11.4 Å². The molecule has 0 aliphatic rings. The molecule has 0 saturated carbocycles. The van der Waals surface area contributed by atoms with Crippen molar-refractivity contribution in [3.63, 3.8) is 0 Å². The lowest BCUT2D eigenvalue weighted by Crippen LogP contribution is -2.10. The SMILES string of the molecule is Cc1ccc(-c2nc(C#N)c(NCc3ccccc3)n2Cc2ccccc2)cc1. The number of hydrogen-bond donors (Lipinski definition) is 1. The zero-order valence-corrected chi connectivity index (χ0v) is 16.3. The highest BCUT2D eigenvalue weighted by Crippen LogP contribution is 2.28. The van der Waals surface area contributed by atoms with Crippen LogP contribution in [0.1, 0.15) is 22.4 Å². The Morgan fingerprint density at radius 1 is 0.862 bits per heavy atom. The van der Waals surface area contributed by atoms with Gasteiger partial charge in [0.2, 0.25) is 0 Å². The lowest BCUT2D eigenvalue weighted by atomic mass is 10.1. The van der Waals surface area contributed by atoms with Crippen molar-refractivity contribution in [1.82, 2.24) is 9.55 Å². The highest BCUT2D eigenvalue weighted by Gasteiger charge is 2.18.